The molecule has 0 spiro atoms. The largest absolute Gasteiger partial charge is 0.369 e. The number of hydrogen-bond acceptors (Lipinski definition) is 1. The second kappa shape index (κ2) is 9.74. The predicted octanol–water partition coefficient (Wildman–Crippen LogP) is 5.23. The maximum absolute atomic E-state index is 6.32. The van der Waals surface area contributed by atoms with E-state index in [4.69, 9.17) is 4.74 Å². The van der Waals surface area contributed by atoms with Crippen molar-refractivity contribution in [2.45, 2.75) is 38.7 Å². The predicted molar refractivity (Wildman–Crippen MR) is 107 cm³/mol. The Balaban J connectivity index is 2.01. The van der Waals surface area contributed by atoms with E-state index in [0.29, 0.717) is 0 Å². The highest BCUT2D eigenvalue weighted by molar-refractivity contribution is 5.32. The Morgan fingerprint density at radius 1 is 0.840 bits per heavy atom. The van der Waals surface area contributed by atoms with Crippen LogP contribution in [0.2, 0.25) is 0 Å². The number of nitrogens with zero attached hydrogens (tertiary/aromatic N) is 1. The van der Waals surface area contributed by atoms with Crippen LogP contribution in [0, 0.1) is 0 Å². The van der Waals surface area contributed by atoms with Crippen LogP contribution in [0.25, 0.3) is 0 Å². The van der Waals surface area contributed by atoms with Crippen molar-refractivity contribution in [2.24, 2.45) is 0 Å². The van der Waals surface area contributed by atoms with Crippen molar-refractivity contribution in [1.29, 1.82) is 0 Å². The summed E-state index contributed by atoms with van der Waals surface area (Å²) >= 11 is 0. The third-order valence-electron chi connectivity index (χ3n) is 4.43. The Hall–Kier alpha value is -1.64. The molecule has 1 atom stereocenters. The van der Waals surface area contributed by atoms with E-state index < -0.39 is 0 Å². The lowest BCUT2D eigenvalue weighted by Gasteiger charge is -2.24. The van der Waals surface area contributed by atoms with E-state index in [1.165, 1.54) is 36.1 Å². The molecule has 0 aliphatic carbocycles. The molecule has 0 N–H and O–H groups in total. The minimum absolute atomic E-state index is 0.0287. The lowest BCUT2D eigenvalue weighted by molar-refractivity contribution is -0.870. The van der Waals surface area contributed by atoms with E-state index in [9.17, 15) is 0 Å². The molecule has 0 saturated carbocycles. The Labute approximate surface area is 154 Å². The van der Waals surface area contributed by atoms with Gasteiger partial charge in [0.15, 0.2) is 0 Å². The van der Waals surface area contributed by atoms with Gasteiger partial charge < -0.3 is 9.22 Å². The molecule has 1 unspecified atom stereocenters. The molecule has 0 aliphatic heterocycles. The zero-order valence-electron chi connectivity index (χ0n) is 16.4. The van der Waals surface area contributed by atoms with Crippen molar-refractivity contribution in [3.8, 4) is 0 Å². The van der Waals surface area contributed by atoms with E-state index in [1.807, 2.05) is 0 Å². The Bertz CT molecular complexity index is 598. The fourth-order valence-electron chi connectivity index (χ4n) is 3.05. The minimum atomic E-state index is 0.0287. The van der Waals surface area contributed by atoms with Gasteiger partial charge in [-0.1, -0.05) is 67.9 Å². The summed E-state index contributed by atoms with van der Waals surface area (Å²) in [5, 5.41) is 0. The quantitative estimate of drug-likeness (QED) is 0.425. The third kappa shape index (κ3) is 7.01. The standard InChI is InChI=1S/C23H34NO/c1-5-11-20-14-16-22(17-15-20)23(21-12-7-6-8-13-21)25-19-10-9-18-24(2,3)4/h6-8,12-17,23H,5,9-11,18-19H2,1-4H3/q+1. The molecule has 0 fully saturated rings. The van der Waals surface area contributed by atoms with Crippen molar-refractivity contribution in [1.82, 2.24) is 0 Å². The highest BCUT2D eigenvalue weighted by Gasteiger charge is 2.15. The summed E-state index contributed by atoms with van der Waals surface area (Å²) < 4.78 is 7.34. The summed E-state index contributed by atoms with van der Waals surface area (Å²) in [5.74, 6) is 0. The molecule has 2 aromatic rings. The van der Waals surface area contributed by atoms with E-state index in [2.05, 4.69) is 82.7 Å². The SMILES string of the molecule is CCCc1ccc(C(OCCCC[N+](C)(C)C)c2ccccc2)cc1. The van der Waals surface area contributed by atoms with Crippen LogP contribution < -0.4 is 0 Å². The second-order valence-corrected chi connectivity index (χ2v) is 7.87. The van der Waals surface area contributed by atoms with E-state index in [-0.39, 0.29) is 6.10 Å². The van der Waals surface area contributed by atoms with E-state index in [0.717, 1.165) is 23.9 Å². The highest BCUT2D eigenvalue weighted by atomic mass is 16.5. The highest BCUT2D eigenvalue weighted by Crippen LogP contribution is 2.26. The molecule has 0 aromatic heterocycles. The van der Waals surface area contributed by atoms with Crippen LogP contribution in [0.1, 0.15) is 49.0 Å². The lowest BCUT2D eigenvalue weighted by Crippen LogP contribution is -2.35. The van der Waals surface area contributed by atoms with Gasteiger partial charge in [0, 0.05) is 6.61 Å². The van der Waals surface area contributed by atoms with Crippen LogP contribution >= 0.6 is 0 Å². The summed E-state index contributed by atoms with van der Waals surface area (Å²) in [6, 6.07) is 19.5. The third-order valence-corrected chi connectivity index (χ3v) is 4.43. The van der Waals surface area contributed by atoms with Crippen LogP contribution in [0.5, 0.6) is 0 Å². The minimum Gasteiger partial charge on any atom is -0.369 e. The fraction of sp³-hybridized carbons (Fsp3) is 0.478. The smallest absolute Gasteiger partial charge is 0.108 e. The van der Waals surface area contributed by atoms with Crippen LogP contribution in [0.3, 0.4) is 0 Å². The number of ether oxygens (including phenoxy) is 1. The van der Waals surface area contributed by atoms with Crippen LogP contribution in [0.15, 0.2) is 54.6 Å². The fourth-order valence-corrected chi connectivity index (χ4v) is 3.05. The molecule has 25 heavy (non-hydrogen) atoms. The number of benzene rings is 2. The number of unbranched alkanes of at least 4 members (excludes halogenated alkanes) is 1. The molecule has 0 bridgehead atoms. The Kier molecular flexibility index (Phi) is 7.67. The molecule has 0 amide bonds. The molecule has 0 saturated heterocycles. The number of rotatable bonds is 10. The lowest BCUT2D eigenvalue weighted by atomic mass is 9.99. The van der Waals surface area contributed by atoms with Crippen molar-refractivity contribution in [2.75, 3.05) is 34.3 Å². The van der Waals surface area contributed by atoms with Gasteiger partial charge in [0.2, 0.25) is 0 Å². The summed E-state index contributed by atoms with van der Waals surface area (Å²) in [5.41, 5.74) is 3.89. The van der Waals surface area contributed by atoms with Gasteiger partial charge in [-0.3, -0.25) is 0 Å². The monoisotopic (exact) mass is 340 g/mol. The summed E-state index contributed by atoms with van der Waals surface area (Å²) in [4.78, 5) is 0. The zero-order chi connectivity index (χ0) is 18.1. The maximum Gasteiger partial charge on any atom is 0.108 e. The molecule has 0 aliphatic rings. The van der Waals surface area contributed by atoms with Crippen LogP contribution in [0.4, 0.5) is 0 Å². The number of quaternary nitrogens is 1. The van der Waals surface area contributed by atoms with Crippen molar-refractivity contribution in [3.63, 3.8) is 0 Å². The average Bonchev–Trinajstić information content (AvgIpc) is 2.59. The number of aryl methyl sites for hydroxylation is 1. The van der Waals surface area contributed by atoms with Gasteiger partial charge >= 0.3 is 0 Å². The Morgan fingerprint density at radius 3 is 2.08 bits per heavy atom. The molecular formula is C23H34NO+. The molecule has 2 heteroatoms. The maximum atomic E-state index is 6.32. The first kappa shape index (κ1) is 19.7. The van der Waals surface area contributed by atoms with Crippen molar-refractivity contribution < 1.29 is 9.22 Å². The average molecular weight is 341 g/mol. The molecule has 2 rings (SSSR count). The van der Waals surface area contributed by atoms with E-state index in [1.54, 1.807) is 0 Å². The molecule has 0 heterocycles. The molecule has 136 valence electrons. The first-order valence-electron chi connectivity index (χ1n) is 9.55. The van der Waals surface area contributed by atoms with Gasteiger partial charge in [-0.05, 0) is 36.0 Å². The van der Waals surface area contributed by atoms with Gasteiger partial charge in [0.05, 0.1) is 27.7 Å². The summed E-state index contributed by atoms with van der Waals surface area (Å²) in [6.07, 6.45) is 4.65. The zero-order valence-corrected chi connectivity index (χ0v) is 16.4. The Morgan fingerprint density at radius 2 is 1.48 bits per heavy atom. The van der Waals surface area contributed by atoms with Gasteiger partial charge in [-0.15, -0.1) is 0 Å². The van der Waals surface area contributed by atoms with Crippen molar-refractivity contribution >= 4 is 0 Å². The summed E-state index contributed by atoms with van der Waals surface area (Å²) in [6.45, 7) is 4.21. The molecule has 2 aromatic carbocycles. The van der Waals surface area contributed by atoms with E-state index >= 15 is 0 Å². The van der Waals surface area contributed by atoms with Gasteiger partial charge in [-0.2, -0.15) is 0 Å². The van der Waals surface area contributed by atoms with Crippen molar-refractivity contribution in [3.05, 3.63) is 71.3 Å². The van der Waals surface area contributed by atoms with Crippen LogP contribution in [-0.2, 0) is 11.2 Å². The molecule has 2 nitrogen and oxygen atoms in total. The summed E-state index contributed by atoms with van der Waals surface area (Å²) in [7, 11) is 6.72. The number of hydrogen-bond donors (Lipinski definition) is 0. The van der Waals surface area contributed by atoms with Gasteiger partial charge in [-0.25, -0.2) is 0 Å². The van der Waals surface area contributed by atoms with Gasteiger partial charge in [0.25, 0.3) is 0 Å². The first-order valence-corrected chi connectivity index (χ1v) is 9.55. The van der Waals surface area contributed by atoms with Crippen LogP contribution in [-0.4, -0.2) is 38.8 Å². The van der Waals surface area contributed by atoms with Gasteiger partial charge in [0.1, 0.15) is 6.10 Å². The molecular weight excluding hydrogens is 306 g/mol. The second-order valence-electron chi connectivity index (χ2n) is 7.87. The first-order chi connectivity index (χ1) is 12.0. The topological polar surface area (TPSA) is 9.23 Å². The normalized spacial score (nSPS) is 13.0. The molecule has 0 radical (unpaired) electrons.